The minimum Gasteiger partial charge on any atom is -0.492 e. The molecule has 0 spiro atoms. The zero-order valence-electron chi connectivity index (χ0n) is 17.9. The number of pyridine rings is 1. The van der Waals surface area contributed by atoms with Crippen molar-refractivity contribution in [2.45, 2.75) is 26.7 Å². The summed E-state index contributed by atoms with van der Waals surface area (Å²) < 4.78 is 29.7. The third-order valence-corrected chi connectivity index (χ3v) is 5.45. The molecular formula is C24H23NO6. The smallest absolute Gasteiger partial charge is 0.264 e. The molecule has 1 aliphatic heterocycles. The number of rotatable bonds is 5. The summed E-state index contributed by atoms with van der Waals surface area (Å²) in [6, 6.07) is 11.6. The Hall–Kier alpha value is -3.45. The van der Waals surface area contributed by atoms with Crippen molar-refractivity contribution in [2.24, 2.45) is 0 Å². The van der Waals surface area contributed by atoms with E-state index in [2.05, 4.69) is 0 Å². The number of hydrogen-bond donors (Lipinski definition) is 0. The van der Waals surface area contributed by atoms with Gasteiger partial charge in [0.1, 0.15) is 6.73 Å². The van der Waals surface area contributed by atoms with E-state index in [1.807, 2.05) is 50.2 Å². The van der Waals surface area contributed by atoms with Gasteiger partial charge in [-0.3, -0.25) is 9.36 Å². The highest BCUT2D eigenvalue weighted by Crippen LogP contribution is 2.41. The first kappa shape index (κ1) is 19.5. The van der Waals surface area contributed by atoms with Crippen LogP contribution in [0.25, 0.3) is 32.4 Å². The van der Waals surface area contributed by atoms with E-state index < -0.39 is 0 Å². The maximum absolute atomic E-state index is 13.7. The Labute approximate surface area is 178 Å². The summed E-state index contributed by atoms with van der Waals surface area (Å²) in [5.74, 6) is 2.32. The van der Waals surface area contributed by atoms with Crippen molar-refractivity contribution in [1.82, 2.24) is 4.57 Å². The lowest BCUT2D eigenvalue weighted by molar-refractivity contribution is 0.132. The van der Waals surface area contributed by atoms with Crippen molar-refractivity contribution in [3.8, 4) is 23.0 Å². The first-order chi connectivity index (χ1) is 15.0. The summed E-state index contributed by atoms with van der Waals surface area (Å²) in [5.41, 5.74) is 0.565. The molecule has 0 unspecified atom stereocenters. The van der Waals surface area contributed by atoms with Crippen molar-refractivity contribution in [3.05, 3.63) is 46.8 Å². The predicted octanol–water partition coefficient (Wildman–Crippen LogP) is 4.44. The molecule has 0 radical (unpaired) electrons. The minimum atomic E-state index is -0.208. The van der Waals surface area contributed by atoms with Crippen molar-refractivity contribution < 1.29 is 23.7 Å². The highest BCUT2D eigenvalue weighted by Gasteiger charge is 2.22. The molecule has 4 aromatic rings. The van der Waals surface area contributed by atoms with E-state index in [9.17, 15) is 4.79 Å². The maximum atomic E-state index is 13.7. The molecule has 0 fully saturated rings. The van der Waals surface area contributed by atoms with Gasteiger partial charge in [0.2, 0.25) is 6.79 Å². The predicted molar refractivity (Wildman–Crippen MR) is 119 cm³/mol. The molecule has 5 rings (SSSR count). The topological polar surface area (TPSA) is 68.2 Å². The molecule has 7 nitrogen and oxygen atoms in total. The Balaban J connectivity index is 1.95. The summed E-state index contributed by atoms with van der Waals surface area (Å²) in [6.45, 7) is 4.15. The summed E-state index contributed by atoms with van der Waals surface area (Å²) in [6.07, 6.45) is -0.0544. The minimum absolute atomic E-state index is 0.0544. The van der Waals surface area contributed by atoms with E-state index in [1.165, 1.54) is 0 Å². The molecular weight excluding hydrogens is 398 g/mol. The number of aromatic nitrogens is 1. The van der Waals surface area contributed by atoms with Gasteiger partial charge in [0, 0.05) is 23.3 Å². The van der Waals surface area contributed by atoms with Crippen LogP contribution in [-0.4, -0.2) is 31.7 Å². The van der Waals surface area contributed by atoms with Crippen molar-refractivity contribution >= 4 is 32.4 Å². The Kier molecular flexibility index (Phi) is 4.63. The average molecular weight is 421 g/mol. The van der Waals surface area contributed by atoms with Crippen LogP contribution in [0.2, 0.25) is 0 Å². The SMILES string of the molecule is COCn1c(=O)c2c(OC)c(OC(C)C)ccc2c2ccc3cc4c(cc3c21)OCO4. The van der Waals surface area contributed by atoms with Crippen LogP contribution in [0.1, 0.15) is 13.8 Å². The van der Waals surface area contributed by atoms with Gasteiger partial charge in [-0.15, -0.1) is 0 Å². The van der Waals surface area contributed by atoms with Crippen molar-refractivity contribution in [3.63, 3.8) is 0 Å². The molecule has 0 N–H and O–H groups in total. The fourth-order valence-corrected chi connectivity index (χ4v) is 4.24. The fraction of sp³-hybridized carbons (Fsp3) is 0.292. The molecule has 160 valence electrons. The van der Waals surface area contributed by atoms with Gasteiger partial charge in [-0.1, -0.05) is 12.1 Å². The number of ether oxygens (including phenoxy) is 5. The maximum Gasteiger partial charge on any atom is 0.264 e. The molecule has 0 saturated heterocycles. The lowest BCUT2D eigenvalue weighted by Gasteiger charge is -2.19. The molecule has 2 heterocycles. The van der Waals surface area contributed by atoms with Crippen LogP contribution in [0.3, 0.4) is 0 Å². The van der Waals surface area contributed by atoms with E-state index in [1.54, 1.807) is 18.8 Å². The van der Waals surface area contributed by atoms with Crippen LogP contribution in [0.15, 0.2) is 41.2 Å². The van der Waals surface area contributed by atoms with Crippen LogP contribution in [-0.2, 0) is 11.5 Å². The highest BCUT2D eigenvalue weighted by molar-refractivity contribution is 6.17. The van der Waals surface area contributed by atoms with Gasteiger partial charge >= 0.3 is 0 Å². The first-order valence-electron chi connectivity index (χ1n) is 10.1. The monoisotopic (exact) mass is 421 g/mol. The standard InChI is InChI=1S/C24H23NO6/c1-13(2)31-18-8-7-15-16-6-5-14-9-19-20(30-12-29-19)10-17(14)22(16)25(11-27-3)24(26)21(15)23(18)28-4/h5-10,13H,11-12H2,1-4H3. The summed E-state index contributed by atoms with van der Waals surface area (Å²) >= 11 is 0. The number of methoxy groups -OCH3 is 2. The molecule has 7 heteroatoms. The molecule has 3 aromatic carbocycles. The lowest BCUT2D eigenvalue weighted by Crippen LogP contribution is -2.22. The molecule has 0 atom stereocenters. The van der Waals surface area contributed by atoms with Gasteiger partial charge in [-0.25, -0.2) is 0 Å². The molecule has 0 bridgehead atoms. The second-order valence-corrected chi connectivity index (χ2v) is 7.73. The third-order valence-electron chi connectivity index (χ3n) is 5.45. The summed E-state index contributed by atoms with van der Waals surface area (Å²) in [5, 5.41) is 4.00. The zero-order valence-corrected chi connectivity index (χ0v) is 17.9. The number of hydrogen-bond acceptors (Lipinski definition) is 6. The molecule has 1 aromatic heterocycles. The van der Waals surface area contributed by atoms with E-state index in [-0.39, 0.29) is 25.2 Å². The molecule has 31 heavy (non-hydrogen) atoms. The largest absolute Gasteiger partial charge is 0.492 e. The number of nitrogens with zero attached hydrogens (tertiary/aromatic N) is 1. The number of fused-ring (bicyclic) bond motifs is 6. The summed E-state index contributed by atoms with van der Waals surface area (Å²) in [7, 11) is 3.12. The Morgan fingerprint density at radius 2 is 1.74 bits per heavy atom. The van der Waals surface area contributed by atoms with Crippen molar-refractivity contribution in [2.75, 3.05) is 21.0 Å². The van der Waals surface area contributed by atoms with Gasteiger partial charge in [-0.2, -0.15) is 0 Å². The van der Waals surface area contributed by atoms with Gasteiger partial charge in [0.05, 0.1) is 24.1 Å². The van der Waals surface area contributed by atoms with Gasteiger partial charge in [-0.05, 0) is 43.5 Å². The fourth-order valence-electron chi connectivity index (χ4n) is 4.24. The Bertz CT molecular complexity index is 1390. The molecule has 0 aliphatic carbocycles. The zero-order chi connectivity index (χ0) is 21.7. The normalized spacial score (nSPS) is 12.9. The average Bonchev–Trinajstić information content (AvgIpc) is 3.21. The summed E-state index contributed by atoms with van der Waals surface area (Å²) in [4.78, 5) is 13.7. The van der Waals surface area contributed by atoms with E-state index >= 15 is 0 Å². The van der Waals surface area contributed by atoms with E-state index in [0.29, 0.717) is 28.4 Å². The lowest BCUT2D eigenvalue weighted by atomic mass is 9.99. The number of benzene rings is 3. The van der Waals surface area contributed by atoms with Crippen LogP contribution >= 0.6 is 0 Å². The van der Waals surface area contributed by atoms with Crippen LogP contribution < -0.4 is 24.5 Å². The molecule has 1 aliphatic rings. The van der Waals surface area contributed by atoms with Gasteiger partial charge in [0.15, 0.2) is 23.0 Å². The Morgan fingerprint density at radius 1 is 1.00 bits per heavy atom. The van der Waals surface area contributed by atoms with Crippen LogP contribution in [0.4, 0.5) is 0 Å². The molecule has 0 amide bonds. The first-order valence-corrected chi connectivity index (χ1v) is 10.1. The quantitative estimate of drug-likeness (QED) is 0.444. The van der Waals surface area contributed by atoms with Crippen molar-refractivity contribution in [1.29, 1.82) is 0 Å². The van der Waals surface area contributed by atoms with E-state index in [4.69, 9.17) is 23.7 Å². The Morgan fingerprint density at radius 3 is 2.45 bits per heavy atom. The van der Waals surface area contributed by atoms with Crippen LogP contribution in [0, 0.1) is 0 Å². The van der Waals surface area contributed by atoms with Gasteiger partial charge in [0.25, 0.3) is 5.56 Å². The second-order valence-electron chi connectivity index (χ2n) is 7.73. The van der Waals surface area contributed by atoms with Gasteiger partial charge < -0.3 is 23.7 Å². The van der Waals surface area contributed by atoms with E-state index in [0.717, 1.165) is 27.1 Å². The molecule has 0 saturated carbocycles. The van der Waals surface area contributed by atoms with Crippen LogP contribution in [0.5, 0.6) is 23.0 Å². The highest BCUT2D eigenvalue weighted by atomic mass is 16.7. The second kappa shape index (κ2) is 7.35. The third kappa shape index (κ3) is 2.96.